The van der Waals surface area contributed by atoms with Crippen LogP contribution in [0, 0.1) is 5.41 Å². The van der Waals surface area contributed by atoms with Crippen molar-refractivity contribution in [2.24, 2.45) is 12.5 Å². The molecule has 2 saturated heterocycles. The molecule has 6 heteroatoms. The van der Waals surface area contributed by atoms with Gasteiger partial charge in [0.25, 0.3) is 0 Å². The Morgan fingerprint density at radius 3 is 2.75 bits per heavy atom. The largest absolute Gasteiger partial charge is 0.377 e. The summed E-state index contributed by atoms with van der Waals surface area (Å²) in [7, 11) is 2.07. The van der Waals surface area contributed by atoms with E-state index < -0.39 is 0 Å². The second-order valence-electron chi connectivity index (χ2n) is 7.32. The van der Waals surface area contributed by atoms with Crippen LogP contribution >= 0.6 is 0 Å². The van der Waals surface area contributed by atoms with E-state index in [0.717, 1.165) is 44.9 Å². The van der Waals surface area contributed by atoms with E-state index in [1.165, 1.54) is 18.4 Å². The molecule has 2 fully saturated rings. The lowest BCUT2D eigenvalue weighted by atomic mass is 9.76. The number of ether oxygens (including phenoxy) is 1. The smallest absolute Gasteiger partial charge is 0.122 e. The van der Waals surface area contributed by atoms with Gasteiger partial charge in [-0.1, -0.05) is 0 Å². The molecule has 0 aromatic carbocycles. The first-order valence-corrected chi connectivity index (χ1v) is 8.77. The van der Waals surface area contributed by atoms with Gasteiger partial charge in [0.15, 0.2) is 0 Å². The Kier molecular flexibility index (Phi) is 4.33. The van der Waals surface area contributed by atoms with Gasteiger partial charge in [0.1, 0.15) is 12.2 Å². The number of piperidine rings is 1. The first-order chi connectivity index (χ1) is 11.7. The molecule has 0 saturated carbocycles. The summed E-state index contributed by atoms with van der Waals surface area (Å²) in [5, 5.41) is 0. The second-order valence-corrected chi connectivity index (χ2v) is 7.32. The summed E-state index contributed by atoms with van der Waals surface area (Å²) in [4.78, 5) is 15.2. The Morgan fingerprint density at radius 2 is 2.04 bits per heavy atom. The van der Waals surface area contributed by atoms with Gasteiger partial charge >= 0.3 is 0 Å². The fraction of sp³-hybridized carbons (Fsp3) is 0.611. The van der Waals surface area contributed by atoms with Crippen LogP contribution in [0.4, 0.5) is 0 Å². The van der Waals surface area contributed by atoms with E-state index >= 15 is 0 Å². The van der Waals surface area contributed by atoms with E-state index in [1.54, 1.807) is 6.33 Å². The van der Waals surface area contributed by atoms with Crippen molar-refractivity contribution < 1.29 is 4.74 Å². The number of aryl methyl sites for hydroxylation is 1. The Bertz CT molecular complexity index is 663. The molecular formula is C18H25N5O. The van der Waals surface area contributed by atoms with Crippen LogP contribution in [-0.2, 0) is 24.8 Å². The number of aromatic nitrogens is 4. The average molecular weight is 327 g/mol. The summed E-state index contributed by atoms with van der Waals surface area (Å²) in [6, 6.07) is 0. The minimum absolute atomic E-state index is 0.317. The van der Waals surface area contributed by atoms with Crippen molar-refractivity contribution in [3.05, 3.63) is 42.5 Å². The first kappa shape index (κ1) is 15.7. The van der Waals surface area contributed by atoms with Crippen molar-refractivity contribution in [1.82, 2.24) is 24.4 Å². The lowest BCUT2D eigenvalue weighted by molar-refractivity contribution is 0.0622. The van der Waals surface area contributed by atoms with Crippen LogP contribution in [0.5, 0.6) is 0 Å². The Hall–Kier alpha value is -1.79. The fourth-order valence-electron chi connectivity index (χ4n) is 4.01. The van der Waals surface area contributed by atoms with Crippen LogP contribution < -0.4 is 0 Å². The maximum absolute atomic E-state index is 6.12. The molecule has 0 amide bonds. The predicted octanol–water partition coefficient (Wildman–Crippen LogP) is 1.82. The Morgan fingerprint density at radius 1 is 1.25 bits per heavy atom. The second kappa shape index (κ2) is 6.61. The monoisotopic (exact) mass is 327 g/mol. The molecule has 0 radical (unpaired) electrons. The highest BCUT2D eigenvalue weighted by Gasteiger charge is 2.42. The molecule has 128 valence electrons. The fourth-order valence-corrected chi connectivity index (χ4v) is 4.01. The van der Waals surface area contributed by atoms with Gasteiger partial charge in [-0.2, -0.15) is 0 Å². The van der Waals surface area contributed by atoms with Crippen molar-refractivity contribution >= 4 is 0 Å². The van der Waals surface area contributed by atoms with Crippen molar-refractivity contribution in [1.29, 1.82) is 0 Å². The summed E-state index contributed by atoms with van der Waals surface area (Å²) in [5.41, 5.74) is 1.55. The van der Waals surface area contributed by atoms with Crippen LogP contribution in [0.2, 0.25) is 0 Å². The maximum Gasteiger partial charge on any atom is 0.122 e. The van der Waals surface area contributed by atoms with E-state index in [9.17, 15) is 0 Å². The first-order valence-electron chi connectivity index (χ1n) is 8.77. The van der Waals surface area contributed by atoms with Gasteiger partial charge in [-0.25, -0.2) is 15.0 Å². The minimum atomic E-state index is 0.317. The Labute approximate surface area is 142 Å². The molecule has 2 aliphatic heterocycles. The summed E-state index contributed by atoms with van der Waals surface area (Å²) < 4.78 is 8.23. The topological polar surface area (TPSA) is 56.1 Å². The van der Waals surface area contributed by atoms with Crippen molar-refractivity contribution in [3.8, 4) is 0 Å². The molecule has 0 bridgehead atoms. The highest BCUT2D eigenvalue weighted by atomic mass is 16.5. The molecule has 0 unspecified atom stereocenters. The number of hydrogen-bond acceptors (Lipinski definition) is 5. The third-order valence-electron chi connectivity index (χ3n) is 5.57. The zero-order valence-corrected chi connectivity index (χ0v) is 14.3. The van der Waals surface area contributed by atoms with Gasteiger partial charge < -0.3 is 9.30 Å². The lowest BCUT2D eigenvalue weighted by Crippen LogP contribution is -2.40. The molecule has 1 spiro atoms. The molecule has 1 atom stereocenters. The third kappa shape index (κ3) is 3.35. The molecular weight excluding hydrogens is 302 g/mol. The summed E-state index contributed by atoms with van der Waals surface area (Å²) in [6.45, 7) is 4.13. The lowest BCUT2D eigenvalue weighted by Gasteiger charge is -2.38. The standard InChI is InChI=1S/C18H25N5O/c1-22-7-4-21-17(22)12-23-5-2-18(3-6-23)9-16(24-13-18)8-15-10-19-14-20-11-15/h4,7,10-11,14,16H,2-3,5-6,8-9,12-13H2,1H3/t16-/m1/s1. The molecule has 2 aromatic rings. The molecule has 0 N–H and O–H groups in total. The van der Waals surface area contributed by atoms with E-state index in [2.05, 4.69) is 31.5 Å². The summed E-state index contributed by atoms with van der Waals surface area (Å²) in [6.07, 6.45) is 14.1. The Balaban J connectivity index is 1.30. The van der Waals surface area contributed by atoms with Crippen molar-refractivity contribution in [2.45, 2.75) is 38.3 Å². The minimum Gasteiger partial charge on any atom is -0.377 e. The van der Waals surface area contributed by atoms with Crippen LogP contribution in [0.15, 0.2) is 31.1 Å². The SMILES string of the molecule is Cn1ccnc1CN1CCC2(CC1)CO[C@H](Cc1cncnc1)C2. The molecule has 0 aliphatic carbocycles. The van der Waals surface area contributed by atoms with Crippen molar-refractivity contribution in [2.75, 3.05) is 19.7 Å². The van der Waals surface area contributed by atoms with Gasteiger partial charge in [0, 0.05) is 38.3 Å². The molecule has 4 rings (SSSR count). The van der Waals surface area contributed by atoms with Crippen LogP contribution in [0.3, 0.4) is 0 Å². The number of likely N-dealkylation sites (tertiary alicyclic amines) is 1. The van der Waals surface area contributed by atoms with Gasteiger partial charge in [0.2, 0.25) is 0 Å². The van der Waals surface area contributed by atoms with E-state index in [-0.39, 0.29) is 0 Å². The van der Waals surface area contributed by atoms with E-state index in [1.807, 2.05) is 24.8 Å². The molecule has 2 aromatic heterocycles. The van der Waals surface area contributed by atoms with Crippen LogP contribution in [-0.4, -0.2) is 50.2 Å². The maximum atomic E-state index is 6.12. The van der Waals surface area contributed by atoms with Gasteiger partial charge in [-0.15, -0.1) is 0 Å². The van der Waals surface area contributed by atoms with Crippen LogP contribution in [0.25, 0.3) is 0 Å². The third-order valence-corrected chi connectivity index (χ3v) is 5.57. The molecule has 2 aliphatic rings. The number of rotatable bonds is 4. The molecule has 6 nitrogen and oxygen atoms in total. The van der Waals surface area contributed by atoms with Crippen molar-refractivity contribution in [3.63, 3.8) is 0 Å². The molecule has 4 heterocycles. The van der Waals surface area contributed by atoms with E-state index in [4.69, 9.17) is 4.74 Å². The van der Waals surface area contributed by atoms with Gasteiger partial charge in [-0.05, 0) is 43.3 Å². The van der Waals surface area contributed by atoms with Gasteiger partial charge in [-0.3, -0.25) is 4.90 Å². The highest BCUT2D eigenvalue weighted by Crippen LogP contribution is 2.42. The average Bonchev–Trinajstić information content (AvgIpc) is 3.18. The number of nitrogens with zero attached hydrogens (tertiary/aromatic N) is 5. The number of imidazole rings is 1. The zero-order chi connectivity index (χ0) is 16.4. The quantitative estimate of drug-likeness (QED) is 0.857. The van der Waals surface area contributed by atoms with Gasteiger partial charge in [0.05, 0.1) is 19.3 Å². The highest BCUT2D eigenvalue weighted by molar-refractivity contribution is 5.06. The van der Waals surface area contributed by atoms with Crippen LogP contribution in [0.1, 0.15) is 30.7 Å². The summed E-state index contributed by atoms with van der Waals surface area (Å²) in [5.74, 6) is 1.15. The summed E-state index contributed by atoms with van der Waals surface area (Å²) >= 11 is 0. The number of hydrogen-bond donors (Lipinski definition) is 0. The zero-order valence-electron chi connectivity index (χ0n) is 14.3. The van der Waals surface area contributed by atoms with E-state index in [0.29, 0.717) is 11.5 Å². The molecule has 24 heavy (non-hydrogen) atoms. The normalized spacial score (nSPS) is 23.8. The predicted molar refractivity (Wildman–Crippen MR) is 90.2 cm³/mol.